The summed E-state index contributed by atoms with van der Waals surface area (Å²) >= 11 is 0. The molecule has 3 fully saturated rings. The van der Waals surface area contributed by atoms with Crippen LogP contribution in [-0.4, -0.2) is 81.0 Å². The minimum absolute atomic E-state index is 0.0208. The van der Waals surface area contributed by atoms with Gasteiger partial charge in [-0.1, -0.05) is 0 Å². The Labute approximate surface area is 202 Å². The molecule has 2 N–H and O–H groups in total. The first-order valence-electron chi connectivity index (χ1n) is 11.9. The zero-order valence-corrected chi connectivity index (χ0v) is 19.7. The molecule has 0 bridgehead atoms. The monoisotopic (exact) mass is 495 g/mol. The summed E-state index contributed by atoms with van der Waals surface area (Å²) in [5.74, 6) is -1.63. The van der Waals surface area contributed by atoms with Gasteiger partial charge in [0.1, 0.15) is 17.6 Å². The summed E-state index contributed by atoms with van der Waals surface area (Å²) in [6, 6.07) is 1.99. The van der Waals surface area contributed by atoms with Crippen molar-refractivity contribution < 1.29 is 32.6 Å². The van der Waals surface area contributed by atoms with Gasteiger partial charge in [0.15, 0.2) is 11.6 Å². The lowest BCUT2D eigenvalue weighted by molar-refractivity contribution is -0.117. The second-order valence-corrected chi connectivity index (χ2v) is 9.00. The van der Waals surface area contributed by atoms with Crippen molar-refractivity contribution in [1.29, 1.82) is 0 Å². The Balaban J connectivity index is 1.39. The van der Waals surface area contributed by atoms with E-state index in [1.165, 1.54) is 16.8 Å². The van der Waals surface area contributed by atoms with Crippen molar-refractivity contribution in [3.8, 4) is 0 Å². The SMILES string of the molecule is CC(=O)CC[C@H]1CN(c2cc(F)c(N3CCNN(C(=O)NC4CCOCC4)CC3)c(F)c2)C(=O)O1. The summed E-state index contributed by atoms with van der Waals surface area (Å²) in [7, 11) is 0. The number of anilines is 2. The topological polar surface area (TPSA) is 103 Å². The smallest absolute Gasteiger partial charge is 0.414 e. The van der Waals surface area contributed by atoms with Gasteiger partial charge in [-0.15, -0.1) is 0 Å². The molecule has 0 aliphatic carbocycles. The van der Waals surface area contributed by atoms with E-state index in [2.05, 4.69) is 10.7 Å². The van der Waals surface area contributed by atoms with Gasteiger partial charge in [0, 0.05) is 57.4 Å². The summed E-state index contributed by atoms with van der Waals surface area (Å²) < 4.78 is 40.7. The van der Waals surface area contributed by atoms with E-state index >= 15 is 8.78 Å². The van der Waals surface area contributed by atoms with Crippen LogP contribution in [-0.2, 0) is 14.3 Å². The van der Waals surface area contributed by atoms with Gasteiger partial charge in [-0.05, 0) is 26.2 Å². The minimum atomic E-state index is -0.805. The molecule has 1 aromatic carbocycles. The van der Waals surface area contributed by atoms with Gasteiger partial charge in [-0.3, -0.25) is 9.91 Å². The van der Waals surface area contributed by atoms with Gasteiger partial charge in [-0.2, -0.15) is 0 Å². The maximum Gasteiger partial charge on any atom is 0.414 e. The van der Waals surface area contributed by atoms with Gasteiger partial charge in [0.2, 0.25) is 0 Å². The van der Waals surface area contributed by atoms with E-state index in [1.807, 2.05) is 0 Å². The molecule has 12 heteroatoms. The number of amides is 3. The zero-order chi connectivity index (χ0) is 24.9. The molecule has 3 saturated heterocycles. The number of nitrogens with zero attached hydrogens (tertiary/aromatic N) is 3. The highest BCUT2D eigenvalue weighted by Gasteiger charge is 2.34. The van der Waals surface area contributed by atoms with E-state index in [4.69, 9.17) is 9.47 Å². The fourth-order valence-electron chi connectivity index (χ4n) is 4.48. The molecule has 1 aromatic rings. The van der Waals surface area contributed by atoms with Gasteiger partial charge in [0.25, 0.3) is 0 Å². The Kier molecular flexibility index (Phi) is 8.01. The van der Waals surface area contributed by atoms with Crippen molar-refractivity contribution in [2.24, 2.45) is 0 Å². The first-order chi connectivity index (χ1) is 16.8. The fraction of sp³-hybridized carbons (Fsp3) is 0.609. The Hall–Kier alpha value is -2.99. The number of nitrogens with one attached hydrogen (secondary N) is 2. The van der Waals surface area contributed by atoms with E-state index in [0.29, 0.717) is 26.2 Å². The second kappa shape index (κ2) is 11.2. The third-order valence-electron chi connectivity index (χ3n) is 6.39. The van der Waals surface area contributed by atoms with Gasteiger partial charge < -0.3 is 24.5 Å². The van der Waals surface area contributed by atoms with Gasteiger partial charge in [0.05, 0.1) is 18.8 Å². The molecule has 4 rings (SSSR count). The number of Topliss-reactive ketones (excluding diaryl/α,β-unsaturated/α-hetero) is 1. The molecule has 3 aliphatic rings. The lowest BCUT2D eigenvalue weighted by atomic mass is 10.1. The molecule has 3 amide bonds. The van der Waals surface area contributed by atoms with Crippen molar-refractivity contribution in [1.82, 2.24) is 15.8 Å². The number of urea groups is 1. The molecule has 0 aromatic heterocycles. The number of ketones is 1. The predicted octanol–water partition coefficient (Wildman–Crippen LogP) is 2.17. The van der Waals surface area contributed by atoms with Crippen LogP contribution in [0.1, 0.15) is 32.6 Å². The molecule has 3 aliphatic heterocycles. The van der Waals surface area contributed by atoms with Gasteiger partial charge in [-0.25, -0.2) is 23.8 Å². The molecule has 192 valence electrons. The number of hydrogen-bond donors (Lipinski definition) is 2. The van der Waals surface area contributed by atoms with Crippen molar-refractivity contribution in [3.05, 3.63) is 23.8 Å². The number of carbonyl (C=O) groups is 3. The summed E-state index contributed by atoms with van der Waals surface area (Å²) in [5, 5.41) is 4.40. The molecule has 3 heterocycles. The summed E-state index contributed by atoms with van der Waals surface area (Å²) in [4.78, 5) is 38.7. The van der Waals surface area contributed by atoms with Gasteiger partial charge >= 0.3 is 12.1 Å². The van der Waals surface area contributed by atoms with E-state index in [0.717, 1.165) is 25.0 Å². The summed E-state index contributed by atoms with van der Waals surface area (Å²) in [6.07, 6.45) is 0.913. The van der Waals surface area contributed by atoms with Crippen LogP contribution in [0.5, 0.6) is 0 Å². The maximum absolute atomic E-state index is 15.1. The minimum Gasteiger partial charge on any atom is -0.444 e. The lowest BCUT2D eigenvalue weighted by Crippen LogP contribution is -2.52. The van der Waals surface area contributed by atoms with E-state index in [9.17, 15) is 14.4 Å². The molecule has 0 spiro atoms. The molecular formula is C23H31F2N5O5. The van der Waals surface area contributed by atoms with Crippen molar-refractivity contribution in [2.45, 2.75) is 44.8 Å². The molecule has 10 nitrogen and oxygen atoms in total. The fourth-order valence-corrected chi connectivity index (χ4v) is 4.48. The van der Waals surface area contributed by atoms with Crippen LogP contribution >= 0.6 is 0 Å². The van der Waals surface area contributed by atoms with Crippen LogP contribution in [0.25, 0.3) is 0 Å². The quantitative estimate of drug-likeness (QED) is 0.624. The second-order valence-electron chi connectivity index (χ2n) is 9.00. The van der Waals surface area contributed by atoms with Crippen LogP contribution in [0.2, 0.25) is 0 Å². The van der Waals surface area contributed by atoms with Crippen LogP contribution in [0.4, 0.5) is 29.7 Å². The summed E-state index contributed by atoms with van der Waals surface area (Å²) in [6.45, 7) is 3.84. The number of benzene rings is 1. The molecule has 0 radical (unpaired) electrons. The van der Waals surface area contributed by atoms with E-state index < -0.39 is 23.8 Å². The Morgan fingerprint density at radius 3 is 2.54 bits per heavy atom. The van der Waals surface area contributed by atoms with Crippen molar-refractivity contribution in [3.63, 3.8) is 0 Å². The lowest BCUT2D eigenvalue weighted by Gasteiger charge is -2.28. The van der Waals surface area contributed by atoms with Crippen LogP contribution in [0.15, 0.2) is 12.1 Å². The third-order valence-corrected chi connectivity index (χ3v) is 6.39. The standard InChI is InChI=1S/C23H31F2N5O5/c1-15(31)2-3-18-14-29(23(33)35-18)17-12-19(24)21(20(25)13-17)28-7-6-26-30(9-8-28)22(32)27-16-4-10-34-11-5-16/h12-13,16,18,26H,2-11,14H2,1H3,(H,27,32)/t18-/m0/s1. The molecular weight excluding hydrogens is 464 g/mol. The molecule has 0 unspecified atom stereocenters. The van der Waals surface area contributed by atoms with Crippen LogP contribution in [0.3, 0.4) is 0 Å². The van der Waals surface area contributed by atoms with Crippen molar-refractivity contribution in [2.75, 3.05) is 55.7 Å². The highest BCUT2D eigenvalue weighted by molar-refractivity contribution is 5.90. The largest absolute Gasteiger partial charge is 0.444 e. The van der Waals surface area contributed by atoms with E-state index in [1.54, 1.807) is 4.90 Å². The summed E-state index contributed by atoms with van der Waals surface area (Å²) in [5.41, 5.74) is 2.86. The predicted molar refractivity (Wildman–Crippen MR) is 123 cm³/mol. The number of ether oxygens (including phenoxy) is 2. The third kappa shape index (κ3) is 6.17. The molecule has 1 atom stereocenters. The normalized spacial score (nSPS) is 21.6. The number of carbonyl (C=O) groups excluding carboxylic acids is 3. The van der Waals surface area contributed by atoms with E-state index in [-0.39, 0.29) is 61.8 Å². The number of hydrazine groups is 1. The first kappa shape index (κ1) is 25.1. The average molecular weight is 496 g/mol. The Bertz CT molecular complexity index is 935. The molecule has 35 heavy (non-hydrogen) atoms. The van der Waals surface area contributed by atoms with Crippen LogP contribution < -0.4 is 20.5 Å². The maximum atomic E-state index is 15.1. The highest BCUT2D eigenvalue weighted by atomic mass is 19.1. The average Bonchev–Trinajstić information content (AvgIpc) is 3.02. The number of cyclic esters (lactones) is 1. The Morgan fingerprint density at radius 1 is 1.14 bits per heavy atom. The van der Waals surface area contributed by atoms with Crippen molar-refractivity contribution >= 4 is 29.3 Å². The van der Waals surface area contributed by atoms with Crippen LogP contribution in [0, 0.1) is 11.6 Å². The molecule has 0 saturated carbocycles. The highest BCUT2D eigenvalue weighted by Crippen LogP contribution is 2.31. The first-order valence-corrected chi connectivity index (χ1v) is 11.9. The number of hydrogen-bond acceptors (Lipinski definition) is 7. The number of rotatable bonds is 6. The Morgan fingerprint density at radius 2 is 1.86 bits per heavy atom. The zero-order valence-electron chi connectivity index (χ0n) is 19.7. The number of halogens is 2.